The summed E-state index contributed by atoms with van der Waals surface area (Å²) in [6, 6.07) is 5.81. The SMILES string of the molecule is C/C=C1/OB(c2cccc(CO)c2C)OC1(C)C. The predicted octanol–water partition coefficient (Wildman–Crippen LogP) is 1.91. The molecule has 3 nitrogen and oxygen atoms in total. The van der Waals surface area contributed by atoms with Crippen molar-refractivity contribution in [1.82, 2.24) is 0 Å². The summed E-state index contributed by atoms with van der Waals surface area (Å²) in [7, 11) is -0.391. The highest BCUT2D eigenvalue weighted by Gasteiger charge is 2.44. The van der Waals surface area contributed by atoms with Crippen LogP contribution < -0.4 is 5.46 Å². The van der Waals surface area contributed by atoms with Gasteiger partial charge in [-0.1, -0.05) is 18.2 Å². The summed E-state index contributed by atoms with van der Waals surface area (Å²) in [6.07, 6.45) is 1.94. The highest BCUT2D eigenvalue weighted by atomic mass is 16.7. The first kappa shape index (κ1) is 13.2. The number of allylic oxidation sites excluding steroid dienone is 1. The smallest absolute Gasteiger partial charge is 0.534 e. The van der Waals surface area contributed by atoms with E-state index in [-0.39, 0.29) is 6.61 Å². The van der Waals surface area contributed by atoms with E-state index in [0.717, 1.165) is 22.3 Å². The number of aliphatic hydroxyl groups is 1. The fourth-order valence-corrected chi connectivity index (χ4v) is 2.28. The molecule has 96 valence electrons. The molecule has 0 aromatic heterocycles. The molecule has 0 bridgehead atoms. The van der Waals surface area contributed by atoms with Crippen molar-refractivity contribution in [2.45, 2.75) is 39.9 Å². The van der Waals surface area contributed by atoms with Crippen LogP contribution in [0.3, 0.4) is 0 Å². The fraction of sp³-hybridized carbons (Fsp3) is 0.429. The minimum atomic E-state index is -0.402. The van der Waals surface area contributed by atoms with Gasteiger partial charge in [-0.25, -0.2) is 0 Å². The second-order valence-corrected chi connectivity index (χ2v) is 5.02. The van der Waals surface area contributed by atoms with Gasteiger partial charge in [0.05, 0.1) is 6.61 Å². The number of benzene rings is 1. The summed E-state index contributed by atoms with van der Waals surface area (Å²) in [5.74, 6) is 0.848. The zero-order valence-corrected chi connectivity index (χ0v) is 11.4. The second kappa shape index (κ2) is 4.79. The Morgan fingerprint density at radius 2 is 2.11 bits per heavy atom. The summed E-state index contributed by atoms with van der Waals surface area (Å²) in [5.41, 5.74) is 2.51. The molecule has 1 fully saturated rings. The topological polar surface area (TPSA) is 38.7 Å². The van der Waals surface area contributed by atoms with E-state index in [0.29, 0.717) is 0 Å². The molecule has 0 radical (unpaired) electrons. The third kappa shape index (κ3) is 2.18. The van der Waals surface area contributed by atoms with Crippen LogP contribution in [0.4, 0.5) is 0 Å². The van der Waals surface area contributed by atoms with Crippen LogP contribution in [0.5, 0.6) is 0 Å². The van der Waals surface area contributed by atoms with E-state index in [1.165, 1.54) is 0 Å². The molecule has 1 aromatic carbocycles. The molecule has 1 aromatic rings. The number of rotatable bonds is 2. The van der Waals surface area contributed by atoms with Crippen molar-refractivity contribution in [2.75, 3.05) is 0 Å². The molecule has 1 aliphatic heterocycles. The first-order valence-electron chi connectivity index (χ1n) is 6.20. The van der Waals surface area contributed by atoms with E-state index < -0.39 is 12.7 Å². The molecule has 0 spiro atoms. The third-order valence-electron chi connectivity index (χ3n) is 3.40. The molecule has 0 saturated carbocycles. The molecule has 0 unspecified atom stereocenters. The zero-order valence-electron chi connectivity index (χ0n) is 11.4. The Labute approximate surface area is 109 Å². The Balaban J connectivity index is 2.35. The second-order valence-electron chi connectivity index (χ2n) is 5.02. The molecular weight excluding hydrogens is 227 g/mol. The van der Waals surface area contributed by atoms with Crippen LogP contribution in [-0.4, -0.2) is 17.8 Å². The molecule has 1 aliphatic rings. The van der Waals surface area contributed by atoms with Crippen molar-refractivity contribution >= 4 is 12.6 Å². The summed E-state index contributed by atoms with van der Waals surface area (Å²) < 4.78 is 11.8. The van der Waals surface area contributed by atoms with E-state index >= 15 is 0 Å². The number of aliphatic hydroxyl groups excluding tert-OH is 1. The number of hydrogen-bond acceptors (Lipinski definition) is 3. The maximum atomic E-state index is 9.29. The van der Waals surface area contributed by atoms with Gasteiger partial charge in [0, 0.05) is 5.46 Å². The molecule has 2 rings (SSSR count). The normalized spacial score (nSPS) is 20.3. The van der Waals surface area contributed by atoms with Gasteiger partial charge in [0.15, 0.2) is 0 Å². The van der Waals surface area contributed by atoms with Crippen molar-refractivity contribution in [1.29, 1.82) is 0 Å². The molecule has 0 atom stereocenters. The van der Waals surface area contributed by atoms with Crippen LogP contribution in [0.1, 0.15) is 31.9 Å². The first-order valence-corrected chi connectivity index (χ1v) is 6.20. The number of hydrogen-bond donors (Lipinski definition) is 1. The molecular formula is C14H19BO3. The van der Waals surface area contributed by atoms with Gasteiger partial charge >= 0.3 is 7.12 Å². The van der Waals surface area contributed by atoms with Crippen molar-refractivity contribution in [3.63, 3.8) is 0 Å². The average molecular weight is 246 g/mol. The fourth-order valence-electron chi connectivity index (χ4n) is 2.28. The van der Waals surface area contributed by atoms with Gasteiger partial charge in [-0.3, -0.25) is 0 Å². The summed E-state index contributed by atoms with van der Waals surface area (Å²) in [6.45, 7) is 7.95. The predicted molar refractivity (Wildman–Crippen MR) is 72.5 cm³/mol. The molecule has 1 heterocycles. The van der Waals surface area contributed by atoms with Crippen LogP contribution in [0.25, 0.3) is 0 Å². The van der Waals surface area contributed by atoms with E-state index in [4.69, 9.17) is 9.31 Å². The maximum absolute atomic E-state index is 9.29. The van der Waals surface area contributed by atoms with Gasteiger partial charge < -0.3 is 14.4 Å². The van der Waals surface area contributed by atoms with Crippen molar-refractivity contribution in [3.8, 4) is 0 Å². The quantitative estimate of drug-likeness (QED) is 0.810. The Hall–Kier alpha value is -1.26. The third-order valence-corrected chi connectivity index (χ3v) is 3.40. The van der Waals surface area contributed by atoms with Crippen molar-refractivity contribution < 1.29 is 14.4 Å². The van der Waals surface area contributed by atoms with Gasteiger partial charge in [0.25, 0.3) is 0 Å². The standard InChI is InChI=1S/C14H19BO3/c1-5-13-14(3,4)18-15(17-13)12-8-6-7-11(9-16)10(12)2/h5-8,16H,9H2,1-4H3/b13-5+. The summed E-state index contributed by atoms with van der Waals surface area (Å²) in [5, 5.41) is 9.29. The minimum Gasteiger partial charge on any atom is -0.534 e. The highest BCUT2D eigenvalue weighted by molar-refractivity contribution is 6.63. The van der Waals surface area contributed by atoms with E-state index in [1.54, 1.807) is 0 Å². The summed E-state index contributed by atoms with van der Waals surface area (Å²) >= 11 is 0. The minimum absolute atomic E-state index is 0.0340. The van der Waals surface area contributed by atoms with Gasteiger partial charge in [-0.2, -0.15) is 0 Å². The van der Waals surface area contributed by atoms with E-state index in [2.05, 4.69) is 0 Å². The Morgan fingerprint density at radius 1 is 1.39 bits per heavy atom. The lowest BCUT2D eigenvalue weighted by atomic mass is 9.75. The first-order chi connectivity index (χ1) is 8.49. The Morgan fingerprint density at radius 3 is 2.67 bits per heavy atom. The van der Waals surface area contributed by atoms with Crippen LogP contribution in [0.15, 0.2) is 30.0 Å². The highest BCUT2D eigenvalue weighted by Crippen LogP contribution is 2.30. The Bertz CT molecular complexity index is 480. The van der Waals surface area contributed by atoms with Crippen molar-refractivity contribution in [3.05, 3.63) is 41.2 Å². The van der Waals surface area contributed by atoms with Gasteiger partial charge in [-0.15, -0.1) is 0 Å². The lowest BCUT2D eigenvalue weighted by Crippen LogP contribution is -2.36. The molecule has 4 heteroatoms. The lowest BCUT2D eigenvalue weighted by molar-refractivity contribution is 0.172. The van der Waals surface area contributed by atoms with Gasteiger partial charge in [-0.05, 0) is 44.9 Å². The van der Waals surface area contributed by atoms with Gasteiger partial charge in [0.1, 0.15) is 11.4 Å². The molecule has 0 aliphatic carbocycles. The molecule has 0 amide bonds. The van der Waals surface area contributed by atoms with Crippen LogP contribution >= 0.6 is 0 Å². The van der Waals surface area contributed by atoms with Gasteiger partial charge in [0.2, 0.25) is 0 Å². The summed E-state index contributed by atoms with van der Waals surface area (Å²) in [4.78, 5) is 0. The molecule has 18 heavy (non-hydrogen) atoms. The van der Waals surface area contributed by atoms with Crippen LogP contribution in [0.2, 0.25) is 0 Å². The monoisotopic (exact) mass is 246 g/mol. The van der Waals surface area contributed by atoms with Crippen molar-refractivity contribution in [2.24, 2.45) is 0 Å². The molecule has 1 saturated heterocycles. The Kier molecular flexibility index (Phi) is 3.50. The lowest BCUT2D eigenvalue weighted by Gasteiger charge is -2.16. The average Bonchev–Trinajstić information content (AvgIpc) is 2.64. The largest absolute Gasteiger partial charge is 0.563 e. The maximum Gasteiger partial charge on any atom is 0.563 e. The zero-order chi connectivity index (χ0) is 13.3. The van der Waals surface area contributed by atoms with Crippen LogP contribution in [-0.2, 0) is 15.9 Å². The van der Waals surface area contributed by atoms with Crippen LogP contribution in [0, 0.1) is 6.92 Å². The van der Waals surface area contributed by atoms with E-state index in [9.17, 15) is 5.11 Å². The van der Waals surface area contributed by atoms with E-state index in [1.807, 2.05) is 52.0 Å². The molecule has 1 N–H and O–H groups in total.